The summed E-state index contributed by atoms with van der Waals surface area (Å²) in [5, 5.41) is 0.551. The lowest BCUT2D eigenvalue weighted by molar-refractivity contribution is 0.0996. The van der Waals surface area contributed by atoms with E-state index in [0.717, 1.165) is 4.47 Å². The highest BCUT2D eigenvalue weighted by Gasteiger charge is 2.05. The molecule has 0 radical (unpaired) electrons. The smallest absolute Gasteiger partial charge is 0.166 e. The molecular formula is C10H8BrClO. The minimum atomic E-state index is 0.0319. The summed E-state index contributed by atoms with van der Waals surface area (Å²) in [7, 11) is 0. The van der Waals surface area contributed by atoms with Crippen LogP contribution in [-0.4, -0.2) is 5.78 Å². The Bertz CT molecular complexity index is 347. The summed E-state index contributed by atoms with van der Waals surface area (Å²) in [5.74, 6) is 0.0319. The van der Waals surface area contributed by atoms with Crippen molar-refractivity contribution in [1.82, 2.24) is 0 Å². The third-order valence-electron chi connectivity index (χ3n) is 1.57. The Labute approximate surface area is 90.5 Å². The van der Waals surface area contributed by atoms with E-state index in [9.17, 15) is 4.79 Å². The lowest BCUT2D eigenvalue weighted by atomic mass is 10.1. The second-order valence-electron chi connectivity index (χ2n) is 2.54. The minimum absolute atomic E-state index is 0.0319. The average molecular weight is 260 g/mol. The molecule has 1 aromatic rings. The first-order valence-electron chi connectivity index (χ1n) is 3.74. The van der Waals surface area contributed by atoms with Gasteiger partial charge in [0.25, 0.3) is 0 Å². The fourth-order valence-corrected chi connectivity index (χ4v) is 1.35. The number of halogens is 2. The molecule has 1 aromatic carbocycles. The fourth-order valence-electron chi connectivity index (χ4n) is 0.919. The molecule has 0 aliphatic rings. The van der Waals surface area contributed by atoms with E-state index in [2.05, 4.69) is 22.5 Å². The van der Waals surface area contributed by atoms with E-state index in [4.69, 9.17) is 11.6 Å². The molecule has 0 bridgehead atoms. The largest absolute Gasteiger partial charge is 0.294 e. The first kappa shape index (κ1) is 10.5. The van der Waals surface area contributed by atoms with E-state index >= 15 is 0 Å². The molecule has 0 heterocycles. The highest BCUT2D eigenvalue weighted by Crippen LogP contribution is 2.23. The second kappa shape index (κ2) is 4.58. The molecule has 3 heteroatoms. The Morgan fingerprint density at radius 2 is 2.31 bits per heavy atom. The summed E-state index contributed by atoms with van der Waals surface area (Å²) >= 11 is 9.09. The summed E-state index contributed by atoms with van der Waals surface area (Å²) in [6.45, 7) is 3.50. The molecule has 0 saturated heterocycles. The van der Waals surface area contributed by atoms with E-state index in [1.807, 2.05) is 0 Å². The molecule has 1 rings (SSSR count). The van der Waals surface area contributed by atoms with E-state index in [1.54, 1.807) is 24.3 Å². The standard InChI is InChI=1S/C10H8BrClO/c1-2-3-10(13)7-4-5-8(11)9(12)6-7/h2,4-6H,1,3H2. The molecule has 0 unspecified atom stereocenters. The van der Waals surface area contributed by atoms with Crippen molar-refractivity contribution < 1.29 is 4.79 Å². The molecule has 0 aliphatic heterocycles. The number of carbonyl (C=O) groups excluding carboxylic acids is 1. The van der Waals surface area contributed by atoms with Crippen molar-refractivity contribution >= 4 is 33.3 Å². The molecule has 0 atom stereocenters. The van der Waals surface area contributed by atoms with E-state index in [-0.39, 0.29) is 5.78 Å². The zero-order chi connectivity index (χ0) is 9.84. The van der Waals surface area contributed by atoms with Crippen LogP contribution in [0.25, 0.3) is 0 Å². The molecular weight excluding hydrogens is 251 g/mol. The predicted octanol–water partition coefficient (Wildman–Crippen LogP) is 3.86. The van der Waals surface area contributed by atoms with Crippen LogP contribution < -0.4 is 0 Å². The van der Waals surface area contributed by atoms with Crippen LogP contribution in [0.15, 0.2) is 35.3 Å². The molecule has 0 aliphatic carbocycles. The van der Waals surface area contributed by atoms with Gasteiger partial charge in [-0.1, -0.05) is 23.7 Å². The van der Waals surface area contributed by atoms with Gasteiger partial charge in [0.05, 0.1) is 5.02 Å². The summed E-state index contributed by atoms with van der Waals surface area (Å²) in [6.07, 6.45) is 1.93. The van der Waals surface area contributed by atoms with E-state index in [0.29, 0.717) is 17.0 Å². The molecule has 0 N–H and O–H groups in total. The monoisotopic (exact) mass is 258 g/mol. The van der Waals surface area contributed by atoms with Crippen molar-refractivity contribution in [3.05, 3.63) is 45.9 Å². The van der Waals surface area contributed by atoms with E-state index < -0.39 is 0 Å². The maximum absolute atomic E-state index is 11.4. The lowest BCUT2D eigenvalue weighted by Gasteiger charge is -1.99. The van der Waals surface area contributed by atoms with Gasteiger partial charge in [0.1, 0.15) is 0 Å². The van der Waals surface area contributed by atoms with Crippen LogP contribution in [0.4, 0.5) is 0 Å². The number of Topliss-reactive ketones (excluding diaryl/α,β-unsaturated/α-hetero) is 1. The van der Waals surface area contributed by atoms with Crippen LogP contribution in [-0.2, 0) is 0 Å². The number of hydrogen-bond donors (Lipinski definition) is 0. The third-order valence-corrected chi connectivity index (χ3v) is 2.80. The zero-order valence-corrected chi connectivity index (χ0v) is 9.23. The number of carbonyl (C=O) groups is 1. The summed E-state index contributed by atoms with van der Waals surface area (Å²) < 4.78 is 0.796. The van der Waals surface area contributed by atoms with Crippen LogP contribution in [0.2, 0.25) is 5.02 Å². The van der Waals surface area contributed by atoms with Crippen molar-refractivity contribution in [2.75, 3.05) is 0 Å². The maximum atomic E-state index is 11.4. The van der Waals surface area contributed by atoms with Gasteiger partial charge in [0.2, 0.25) is 0 Å². The van der Waals surface area contributed by atoms with Crippen LogP contribution in [0.3, 0.4) is 0 Å². The first-order chi connectivity index (χ1) is 6.15. The average Bonchev–Trinajstić information content (AvgIpc) is 2.10. The van der Waals surface area contributed by atoms with Crippen molar-refractivity contribution in [1.29, 1.82) is 0 Å². The Morgan fingerprint density at radius 3 is 2.85 bits per heavy atom. The number of hydrogen-bond acceptors (Lipinski definition) is 1. The first-order valence-corrected chi connectivity index (χ1v) is 4.91. The molecule has 0 spiro atoms. The Balaban J connectivity index is 2.96. The second-order valence-corrected chi connectivity index (χ2v) is 3.81. The number of benzene rings is 1. The molecule has 68 valence electrons. The van der Waals surface area contributed by atoms with Crippen LogP contribution in [0.1, 0.15) is 16.8 Å². The highest BCUT2D eigenvalue weighted by molar-refractivity contribution is 9.10. The van der Waals surface area contributed by atoms with Gasteiger partial charge in [-0.05, 0) is 28.1 Å². The quantitative estimate of drug-likeness (QED) is 0.595. The fraction of sp³-hybridized carbons (Fsp3) is 0.100. The Hall–Kier alpha value is -0.600. The topological polar surface area (TPSA) is 17.1 Å². The maximum Gasteiger partial charge on any atom is 0.166 e. The van der Waals surface area contributed by atoms with E-state index in [1.165, 1.54) is 0 Å². The predicted molar refractivity (Wildman–Crippen MR) is 58.3 cm³/mol. The Morgan fingerprint density at radius 1 is 1.62 bits per heavy atom. The number of allylic oxidation sites excluding steroid dienone is 1. The van der Waals surface area contributed by atoms with Crippen LogP contribution >= 0.6 is 27.5 Å². The lowest BCUT2D eigenvalue weighted by Crippen LogP contribution is -1.96. The van der Waals surface area contributed by atoms with Gasteiger partial charge in [-0.15, -0.1) is 6.58 Å². The number of ketones is 1. The van der Waals surface area contributed by atoms with Gasteiger partial charge < -0.3 is 0 Å². The number of rotatable bonds is 3. The van der Waals surface area contributed by atoms with Crippen molar-refractivity contribution in [3.8, 4) is 0 Å². The van der Waals surface area contributed by atoms with Gasteiger partial charge in [-0.2, -0.15) is 0 Å². The molecule has 0 aromatic heterocycles. The summed E-state index contributed by atoms with van der Waals surface area (Å²) in [6, 6.07) is 5.15. The zero-order valence-electron chi connectivity index (χ0n) is 6.89. The molecule has 0 amide bonds. The summed E-state index contributed by atoms with van der Waals surface area (Å²) in [4.78, 5) is 11.4. The van der Waals surface area contributed by atoms with Gasteiger partial charge in [0, 0.05) is 16.5 Å². The van der Waals surface area contributed by atoms with Crippen LogP contribution in [0, 0.1) is 0 Å². The van der Waals surface area contributed by atoms with Crippen molar-refractivity contribution in [3.63, 3.8) is 0 Å². The van der Waals surface area contributed by atoms with Crippen molar-refractivity contribution in [2.24, 2.45) is 0 Å². The molecule has 13 heavy (non-hydrogen) atoms. The normalized spacial score (nSPS) is 9.69. The Kier molecular flexibility index (Phi) is 3.70. The van der Waals surface area contributed by atoms with Gasteiger partial charge in [-0.25, -0.2) is 0 Å². The SMILES string of the molecule is C=CCC(=O)c1ccc(Br)c(Cl)c1. The molecule has 1 nitrogen and oxygen atoms in total. The van der Waals surface area contributed by atoms with Crippen molar-refractivity contribution in [2.45, 2.75) is 6.42 Å². The summed E-state index contributed by atoms with van der Waals surface area (Å²) in [5.41, 5.74) is 0.619. The molecule has 0 fully saturated rings. The minimum Gasteiger partial charge on any atom is -0.294 e. The van der Waals surface area contributed by atoms with Gasteiger partial charge in [0.15, 0.2) is 5.78 Å². The van der Waals surface area contributed by atoms with Gasteiger partial charge >= 0.3 is 0 Å². The molecule has 0 saturated carbocycles. The van der Waals surface area contributed by atoms with Crippen LogP contribution in [0.5, 0.6) is 0 Å². The van der Waals surface area contributed by atoms with Gasteiger partial charge in [-0.3, -0.25) is 4.79 Å². The highest BCUT2D eigenvalue weighted by atomic mass is 79.9. The third kappa shape index (κ3) is 2.68.